The predicted molar refractivity (Wildman–Crippen MR) is 72.8 cm³/mol. The number of fused-ring (bicyclic) bond motifs is 1. The minimum Gasteiger partial charge on any atom is -0.453 e. The SMILES string of the molecule is CCC(N)(CC)C(=O)c1cc2cccc(C)c2o1. The number of benzene rings is 1. The van der Waals surface area contributed by atoms with Crippen LogP contribution in [0.1, 0.15) is 42.8 Å². The Balaban J connectivity index is 2.49. The van der Waals surface area contributed by atoms with Gasteiger partial charge in [0.25, 0.3) is 0 Å². The van der Waals surface area contributed by atoms with Crippen LogP contribution in [0.5, 0.6) is 0 Å². The second-order valence-corrected chi connectivity index (χ2v) is 4.80. The molecule has 1 aromatic heterocycles. The van der Waals surface area contributed by atoms with Gasteiger partial charge in [0.15, 0.2) is 5.76 Å². The number of furan rings is 1. The van der Waals surface area contributed by atoms with E-state index in [0.717, 1.165) is 16.5 Å². The van der Waals surface area contributed by atoms with Crippen molar-refractivity contribution in [1.29, 1.82) is 0 Å². The molecule has 0 aliphatic rings. The fourth-order valence-electron chi connectivity index (χ4n) is 2.14. The normalized spacial score (nSPS) is 12.0. The van der Waals surface area contributed by atoms with E-state index in [1.165, 1.54) is 0 Å². The average molecular weight is 245 g/mol. The van der Waals surface area contributed by atoms with E-state index in [4.69, 9.17) is 10.2 Å². The van der Waals surface area contributed by atoms with Gasteiger partial charge in [-0.1, -0.05) is 32.0 Å². The Morgan fingerprint density at radius 3 is 2.56 bits per heavy atom. The summed E-state index contributed by atoms with van der Waals surface area (Å²) in [5.74, 6) is 0.258. The molecule has 0 saturated carbocycles. The molecule has 0 radical (unpaired) electrons. The van der Waals surface area contributed by atoms with Gasteiger partial charge >= 0.3 is 0 Å². The zero-order valence-electron chi connectivity index (χ0n) is 11.1. The topological polar surface area (TPSA) is 56.2 Å². The first-order valence-corrected chi connectivity index (χ1v) is 6.34. The van der Waals surface area contributed by atoms with E-state index in [1.807, 2.05) is 39.0 Å². The Kier molecular flexibility index (Phi) is 3.26. The number of ketones is 1. The number of aryl methyl sites for hydroxylation is 1. The fraction of sp³-hybridized carbons (Fsp3) is 0.400. The number of carbonyl (C=O) groups is 1. The highest BCUT2D eigenvalue weighted by Gasteiger charge is 2.33. The molecule has 0 fully saturated rings. The zero-order chi connectivity index (χ0) is 13.3. The largest absolute Gasteiger partial charge is 0.453 e. The lowest BCUT2D eigenvalue weighted by atomic mass is 9.88. The van der Waals surface area contributed by atoms with Crippen molar-refractivity contribution in [3.05, 3.63) is 35.6 Å². The Morgan fingerprint density at radius 2 is 2.00 bits per heavy atom. The van der Waals surface area contributed by atoms with Crippen molar-refractivity contribution in [3.8, 4) is 0 Å². The van der Waals surface area contributed by atoms with Gasteiger partial charge in [-0.3, -0.25) is 4.79 Å². The third kappa shape index (κ3) is 1.95. The van der Waals surface area contributed by atoms with Gasteiger partial charge in [0.2, 0.25) is 5.78 Å². The molecule has 0 amide bonds. The summed E-state index contributed by atoms with van der Waals surface area (Å²) >= 11 is 0. The van der Waals surface area contributed by atoms with E-state index in [0.29, 0.717) is 18.6 Å². The highest BCUT2D eigenvalue weighted by molar-refractivity contribution is 6.03. The highest BCUT2D eigenvalue weighted by atomic mass is 16.3. The van der Waals surface area contributed by atoms with Crippen LogP contribution in [0.2, 0.25) is 0 Å². The first-order valence-electron chi connectivity index (χ1n) is 6.34. The Labute approximate surface area is 107 Å². The molecule has 0 saturated heterocycles. The molecule has 0 aliphatic carbocycles. The summed E-state index contributed by atoms with van der Waals surface area (Å²) in [6.07, 6.45) is 1.22. The smallest absolute Gasteiger partial charge is 0.217 e. The maximum atomic E-state index is 12.4. The number of hydrogen-bond acceptors (Lipinski definition) is 3. The molecule has 2 N–H and O–H groups in total. The lowest BCUT2D eigenvalue weighted by molar-refractivity contribution is 0.0852. The Morgan fingerprint density at radius 1 is 1.33 bits per heavy atom. The van der Waals surface area contributed by atoms with Crippen LogP contribution < -0.4 is 5.73 Å². The third-order valence-corrected chi connectivity index (χ3v) is 3.68. The lowest BCUT2D eigenvalue weighted by Gasteiger charge is -2.23. The number of rotatable bonds is 4. The molecule has 0 bridgehead atoms. The van der Waals surface area contributed by atoms with Crippen molar-refractivity contribution in [2.75, 3.05) is 0 Å². The van der Waals surface area contributed by atoms with Crippen LogP contribution in [-0.2, 0) is 0 Å². The van der Waals surface area contributed by atoms with Crippen LogP contribution in [0, 0.1) is 6.92 Å². The molecule has 0 unspecified atom stereocenters. The third-order valence-electron chi connectivity index (χ3n) is 3.68. The summed E-state index contributed by atoms with van der Waals surface area (Å²) in [6, 6.07) is 7.66. The molecule has 2 rings (SSSR count). The molecule has 0 spiro atoms. The molecule has 18 heavy (non-hydrogen) atoms. The molecule has 3 nitrogen and oxygen atoms in total. The van der Waals surface area contributed by atoms with E-state index >= 15 is 0 Å². The van der Waals surface area contributed by atoms with Gasteiger partial charge < -0.3 is 10.2 Å². The van der Waals surface area contributed by atoms with Crippen molar-refractivity contribution in [3.63, 3.8) is 0 Å². The first-order chi connectivity index (χ1) is 8.51. The van der Waals surface area contributed by atoms with Gasteiger partial charge in [0, 0.05) is 5.39 Å². The summed E-state index contributed by atoms with van der Waals surface area (Å²) in [5.41, 5.74) is 7.11. The van der Waals surface area contributed by atoms with Crippen LogP contribution in [-0.4, -0.2) is 11.3 Å². The van der Waals surface area contributed by atoms with Gasteiger partial charge in [-0.05, 0) is 31.4 Å². The van der Waals surface area contributed by atoms with Gasteiger partial charge in [-0.2, -0.15) is 0 Å². The lowest BCUT2D eigenvalue weighted by Crippen LogP contribution is -2.46. The van der Waals surface area contributed by atoms with Crippen LogP contribution >= 0.6 is 0 Å². The minimum atomic E-state index is -0.818. The van der Waals surface area contributed by atoms with E-state index in [-0.39, 0.29) is 5.78 Å². The van der Waals surface area contributed by atoms with E-state index in [2.05, 4.69) is 0 Å². The van der Waals surface area contributed by atoms with E-state index in [1.54, 1.807) is 6.07 Å². The van der Waals surface area contributed by atoms with Crippen LogP contribution in [0.3, 0.4) is 0 Å². The number of nitrogens with two attached hydrogens (primary N) is 1. The molecule has 0 atom stereocenters. The number of carbonyl (C=O) groups excluding carboxylic acids is 1. The molecule has 96 valence electrons. The minimum absolute atomic E-state index is 0.108. The summed E-state index contributed by atoms with van der Waals surface area (Å²) in [5, 5.41) is 0.952. The molecule has 0 aliphatic heterocycles. The molecule has 1 aromatic carbocycles. The van der Waals surface area contributed by atoms with Gasteiger partial charge in [0.05, 0.1) is 5.54 Å². The fourth-order valence-corrected chi connectivity index (χ4v) is 2.14. The Hall–Kier alpha value is -1.61. The van der Waals surface area contributed by atoms with Crippen molar-refractivity contribution in [2.45, 2.75) is 39.2 Å². The molecular weight excluding hydrogens is 226 g/mol. The summed E-state index contributed by atoms with van der Waals surface area (Å²) in [7, 11) is 0. The van der Waals surface area contributed by atoms with Crippen LogP contribution in [0.4, 0.5) is 0 Å². The molecule has 3 heteroatoms. The van der Waals surface area contributed by atoms with Crippen molar-refractivity contribution in [1.82, 2.24) is 0 Å². The standard InChI is InChI=1S/C15H19NO2/c1-4-15(16,5-2)14(17)12-9-11-8-6-7-10(3)13(11)18-12/h6-9H,4-5,16H2,1-3H3. The quantitative estimate of drug-likeness (QED) is 0.839. The molecule has 2 aromatic rings. The first kappa shape index (κ1) is 12.8. The highest BCUT2D eigenvalue weighted by Crippen LogP contribution is 2.26. The van der Waals surface area contributed by atoms with E-state index in [9.17, 15) is 4.79 Å². The van der Waals surface area contributed by atoms with Crippen molar-refractivity contribution in [2.24, 2.45) is 5.73 Å². The predicted octanol–water partition coefficient (Wildman–Crippen LogP) is 3.44. The van der Waals surface area contributed by atoms with E-state index < -0.39 is 5.54 Å². The maximum Gasteiger partial charge on any atom is 0.217 e. The summed E-state index contributed by atoms with van der Waals surface area (Å²) in [4.78, 5) is 12.4. The Bertz CT molecular complexity index is 579. The average Bonchev–Trinajstić information content (AvgIpc) is 2.82. The second kappa shape index (κ2) is 4.58. The number of hydrogen-bond donors (Lipinski definition) is 1. The molecule has 1 heterocycles. The second-order valence-electron chi connectivity index (χ2n) is 4.80. The van der Waals surface area contributed by atoms with Gasteiger partial charge in [0.1, 0.15) is 5.58 Å². The van der Waals surface area contributed by atoms with Gasteiger partial charge in [-0.15, -0.1) is 0 Å². The molecular formula is C15H19NO2. The van der Waals surface area contributed by atoms with Crippen LogP contribution in [0.15, 0.2) is 28.7 Å². The summed E-state index contributed by atoms with van der Waals surface area (Å²) in [6.45, 7) is 5.82. The zero-order valence-corrected chi connectivity index (χ0v) is 11.1. The van der Waals surface area contributed by atoms with Crippen molar-refractivity contribution < 1.29 is 9.21 Å². The number of Topliss-reactive ketones (excluding diaryl/α,β-unsaturated/α-hetero) is 1. The van der Waals surface area contributed by atoms with Crippen LogP contribution in [0.25, 0.3) is 11.0 Å². The maximum absolute atomic E-state index is 12.4. The summed E-state index contributed by atoms with van der Waals surface area (Å²) < 4.78 is 5.68. The van der Waals surface area contributed by atoms with Gasteiger partial charge in [-0.25, -0.2) is 0 Å². The number of para-hydroxylation sites is 1. The monoisotopic (exact) mass is 245 g/mol. The van der Waals surface area contributed by atoms with Crippen molar-refractivity contribution >= 4 is 16.8 Å².